The molecule has 61 heavy (non-hydrogen) atoms. The summed E-state index contributed by atoms with van der Waals surface area (Å²) in [4.78, 5) is 10.5. The van der Waals surface area contributed by atoms with Gasteiger partial charge in [-0.05, 0) is 105 Å². The van der Waals surface area contributed by atoms with E-state index in [1.807, 2.05) is 12.1 Å². The normalized spacial score (nSPS) is 13.6. The van der Waals surface area contributed by atoms with Gasteiger partial charge in [-0.3, -0.25) is 0 Å². The van der Waals surface area contributed by atoms with Crippen LogP contribution in [-0.2, 0) is 5.41 Å². The van der Waals surface area contributed by atoms with E-state index in [9.17, 15) is 0 Å². The van der Waals surface area contributed by atoms with Gasteiger partial charge in [0.2, 0.25) is 0 Å². The van der Waals surface area contributed by atoms with E-state index in [0.717, 1.165) is 49.8 Å². The predicted octanol–water partition coefficient (Wildman–Crippen LogP) is 14.7. The minimum absolute atomic E-state index is 0.431. The molecule has 0 N–H and O–H groups in total. The van der Waals surface area contributed by atoms with Gasteiger partial charge in [0.05, 0.1) is 27.7 Å². The van der Waals surface area contributed by atoms with Crippen LogP contribution in [0.25, 0.3) is 94.4 Å². The minimum Gasteiger partial charge on any atom is -0.309 e. The van der Waals surface area contributed by atoms with Gasteiger partial charge in [-0.1, -0.05) is 170 Å². The van der Waals surface area contributed by atoms with E-state index >= 15 is 0 Å². The molecule has 10 aromatic rings. The topological polar surface area (TPSA) is 30.7 Å². The number of fused-ring (bicyclic) bond motifs is 14. The lowest BCUT2D eigenvalue weighted by atomic mass is 9.70. The van der Waals surface area contributed by atoms with Crippen LogP contribution < -0.4 is 0 Å². The summed E-state index contributed by atoms with van der Waals surface area (Å²) < 4.78 is 2.37. The summed E-state index contributed by atoms with van der Waals surface area (Å²) >= 11 is 0. The first-order valence-corrected chi connectivity index (χ1v) is 21.0. The molecule has 12 rings (SSSR count). The average molecular weight is 778 g/mol. The Labute approximate surface area is 355 Å². The highest BCUT2D eigenvalue weighted by atomic mass is 15.0. The van der Waals surface area contributed by atoms with Crippen LogP contribution in [0.5, 0.6) is 0 Å². The maximum atomic E-state index is 5.31. The lowest BCUT2D eigenvalue weighted by Gasteiger charge is -2.30. The molecule has 1 spiro atoms. The van der Waals surface area contributed by atoms with Crippen LogP contribution in [0.2, 0.25) is 0 Å². The summed E-state index contributed by atoms with van der Waals surface area (Å²) in [5.74, 6) is 0.697. The molecule has 0 aliphatic heterocycles. The number of allylic oxidation sites excluding steroid dienone is 5. The fourth-order valence-electron chi connectivity index (χ4n) is 10.6. The van der Waals surface area contributed by atoms with E-state index in [-0.39, 0.29) is 0 Å². The molecule has 0 bridgehead atoms. The van der Waals surface area contributed by atoms with Crippen LogP contribution in [-0.4, -0.2) is 14.5 Å². The Morgan fingerprint density at radius 3 is 1.90 bits per heavy atom. The average Bonchev–Trinajstić information content (AvgIpc) is 3.93. The highest BCUT2D eigenvalue weighted by Crippen LogP contribution is 2.64. The molecule has 0 saturated carbocycles. The highest BCUT2D eigenvalue weighted by Gasteiger charge is 2.52. The van der Waals surface area contributed by atoms with Crippen LogP contribution in [0.3, 0.4) is 0 Å². The molecule has 0 fully saturated rings. The van der Waals surface area contributed by atoms with Crippen molar-refractivity contribution in [3.63, 3.8) is 0 Å². The largest absolute Gasteiger partial charge is 0.309 e. The second-order valence-electron chi connectivity index (χ2n) is 16.0. The molecule has 0 radical (unpaired) electrons. The van der Waals surface area contributed by atoms with Gasteiger partial charge in [0.15, 0.2) is 5.82 Å². The fourth-order valence-corrected chi connectivity index (χ4v) is 10.6. The minimum atomic E-state index is -0.431. The molecular formula is C58H39N3. The SMILES string of the molecule is C=C/C=C(\C=C/C)n1c2ccc(-c3nc(-c4ccccc4)c4ccccc4n3)cc2c2c(-c3cccc4c3-c3ccccc3C43c4ccccc4-c4ccccc43)cccc21. The number of nitrogens with zero attached hydrogens (tertiary/aromatic N) is 3. The molecule has 2 aromatic heterocycles. The van der Waals surface area contributed by atoms with Gasteiger partial charge >= 0.3 is 0 Å². The highest BCUT2D eigenvalue weighted by molar-refractivity contribution is 6.19. The number of aromatic nitrogens is 3. The summed E-state index contributed by atoms with van der Waals surface area (Å²) in [5, 5.41) is 3.35. The molecule has 2 aliphatic carbocycles. The van der Waals surface area contributed by atoms with Crippen molar-refractivity contribution in [1.29, 1.82) is 0 Å². The van der Waals surface area contributed by atoms with Gasteiger partial charge in [0.25, 0.3) is 0 Å². The van der Waals surface area contributed by atoms with Crippen LogP contribution in [0, 0.1) is 0 Å². The summed E-state index contributed by atoms with van der Waals surface area (Å²) in [6.07, 6.45) is 8.22. The third-order valence-corrected chi connectivity index (χ3v) is 12.9. The number of benzene rings is 8. The number of rotatable bonds is 6. The van der Waals surface area contributed by atoms with E-state index < -0.39 is 5.41 Å². The third kappa shape index (κ3) is 4.92. The van der Waals surface area contributed by atoms with Crippen molar-refractivity contribution in [3.8, 4) is 56.0 Å². The maximum absolute atomic E-state index is 5.31. The molecular weight excluding hydrogens is 739 g/mol. The summed E-state index contributed by atoms with van der Waals surface area (Å²) in [7, 11) is 0. The Kier molecular flexibility index (Phi) is 7.82. The molecule has 2 aliphatic rings. The zero-order valence-corrected chi connectivity index (χ0v) is 33.7. The molecule has 3 nitrogen and oxygen atoms in total. The van der Waals surface area contributed by atoms with Gasteiger partial charge in [-0.25, -0.2) is 9.97 Å². The van der Waals surface area contributed by atoms with Crippen LogP contribution >= 0.6 is 0 Å². The second-order valence-corrected chi connectivity index (χ2v) is 16.0. The van der Waals surface area contributed by atoms with E-state index in [1.54, 1.807) is 0 Å². The first kappa shape index (κ1) is 35.1. The molecule has 8 aromatic carbocycles. The Morgan fingerprint density at radius 2 is 1.15 bits per heavy atom. The Bertz CT molecular complexity index is 3460. The Balaban J connectivity index is 1.17. The zero-order valence-electron chi connectivity index (χ0n) is 33.7. The summed E-state index contributed by atoms with van der Waals surface area (Å²) in [5.41, 5.74) is 19.6. The van der Waals surface area contributed by atoms with Crippen LogP contribution in [0.1, 0.15) is 29.2 Å². The lowest BCUT2D eigenvalue weighted by molar-refractivity contribution is 0.794. The van der Waals surface area contributed by atoms with Crippen molar-refractivity contribution in [1.82, 2.24) is 14.5 Å². The van der Waals surface area contributed by atoms with Gasteiger partial charge in [-0.15, -0.1) is 0 Å². The van der Waals surface area contributed by atoms with Gasteiger partial charge < -0.3 is 4.57 Å². The molecule has 0 atom stereocenters. The molecule has 2 heterocycles. The van der Waals surface area contributed by atoms with Gasteiger partial charge in [-0.2, -0.15) is 0 Å². The molecule has 0 saturated heterocycles. The van der Waals surface area contributed by atoms with E-state index in [2.05, 4.69) is 212 Å². The third-order valence-electron chi connectivity index (χ3n) is 12.9. The zero-order chi connectivity index (χ0) is 40.7. The van der Waals surface area contributed by atoms with Gasteiger partial charge in [0, 0.05) is 33.0 Å². The number of hydrogen-bond donors (Lipinski definition) is 0. The Morgan fingerprint density at radius 1 is 0.525 bits per heavy atom. The summed E-state index contributed by atoms with van der Waals surface area (Å²) in [6, 6.07) is 66.3. The van der Waals surface area contributed by atoms with Gasteiger partial charge in [0.1, 0.15) is 0 Å². The first-order valence-electron chi connectivity index (χ1n) is 21.0. The molecule has 3 heteroatoms. The smallest absolute Gasteiger partial charge is 0.160 e. The van der Waals surface area contributed by atoms with E-state index in [1.165, 1.54) is 61.0 Å². The van der Waals surface area contributed by atoms with Crippen molar-refractivity contribution in [2.24, 2.45) is 0 Å². The standard InChI is InChI=1S/C58H39N3/c1-3-18-39(19-4-2)61-52-35-34-38(57-59-51-32-15-11-25-45(51)56(60-57)37-20-6-5-7-21-37)36-46(52)55-43(27-17-33-53(55)61)42-26-16-31-50-54(42)44-24-10-14-30-49(44)58(50)47-28-12-8-22-40(47)41-23-9-13-29-48(41)58/h3-36H,1H2,2H3/b19-4-,39-18+. The van der Waals surface area contributed by atoms with Crippen molar-refractivity contribution in [2.45, 2.75) is 12.3 Å². The Hall–Kier alpha value is -7.88. The fraction of sp³-hybridized carbons (Fsp3) is 0.0345. The van der Waals surface area contributed by atoms with Crippen LogP contribution in [0.15, 0.2) is 213 Å². The quantitative estimate of drug-likeness (QED) is 0.157. The van der Waals surface area contributed by atoms with Crippen LogP contribution in [0.4, 0.5) is 0 Å². The lowest BCUT2D eigenvalue weighted by Crippen LogP contribution is -2.25. The van der Waals surface area contributed by atoms with Crippen molar-refractivity contribution in [3.05, 3.63) is 235 Å². The van der Waals surface area contributed by atoms with Crippen molar-refractivity contribution >= 4 is 38.4 Å². The monoisotopic (exact) mass is 777 g/mol. The van der Waals surface area contributed by atoms with E-state index in [0.29, 0.717) is 5.82 Å². The predicted molar refractivity (Wildman–Crippen MR) is 254 cm³/mol. The number of para-hydroxylation sites is 1. The summed E-state index contributed by atoms with van der Waals surface area (Å²) in [6.45, 7) is 6.18. The number of hydrogen-bond acceptors (Lipinski definition) is 2. The maximum Gasteiger partial charge on any atom is 0.160 e. The van der Waals surface area contributed by atoms with Crippen molar-refractivity contribution < 1.29 is 0 Å². The van der Waals surface area contributed by atoms with Crippen molar-refractivity contribution in [2.75, 3.05) is 0 Å². The molecule has 0 unspecified atom stereocenters. The molecule has 0 amide bonds. The first-order chi connectivity index (χ1) is 30.2. The molecule has 286 valence electrons. The van der Waals surface area contributed by atoms with E-state index in [4.69, 9.17) is 9.97 Å². The second kappa shape index (κ2) is 13.6.